The highest BCUT2D eigenvalue weighted by Crippen LogP contribution is 2.22. The van der Waals surface area contributed by atoms with Crippen LogP contribution in [0.4, 0.5) is 0 Å². The average molecular weight is 191 g/mol. The van der Waals surface area contributed by atoms with Gasteiger partial charge in [-0.3, -0.25) is 4.98 Å². The molecule has 0 atom stereocenters. The molecule has 1 heterocycles. The van der Waals surface area contributed by atoms with Crippen molar-refractivity contribution in [3.8, 4) is 0 Å². The number of hydrogen-bond donors (Lipinski definition) is 0. The molecule has 1 heteroatoms. The zero-order valence-electron chi connectivity index (χ0n) is 9.96. The molecule has 0 saturated heterocycles. The molecular formula is C13H21N. The predicted octanol–water partition coefficient (Wildman–Crippen LogP) is 4.26. The van der Waals surface area contributed by atoms with Gasteiger partial charge in [-0.1, -0.05) is 34.3 Å². The van der Waals surface area contributed by atoms with Gasteiger partial charge in [-0.25, -0.2) is 0 Å². The highest BCUT2D eigenvalue weighted by Gasteiger charge is 2.05. The van der Waals surface area contributed by atoms with Crippen molar-refractivity contribution in [3.05, 3.63) is 36.2 Å². The fourth-order valence-corrected chi connectivity index (χ4v) is 1.27. The number of allylic oxidation sites excluding steroid dienone is 1. The van der Waals surface area contributed by atoms with Crippen LogP contribution in [-0.2, 0) is 0 Å². The highest BCUT2D eigenvalue weighted by atomic mass is 14.6. The second-order valence-electron chi connectivity index (χ2n) is 3.40. The third-order valence-corrected chi connectivity index (χ3v) is 1.94. The number of pyridine rings is 1. The Morgan fingerprint density at radius 3 is 2.29 bits per heavy atom. The fraction of sp³-hybridized carbons (Fsp3) is 0.462. The van der Waals surface area contributed by atoms with E-state index in [4.69, 9.17) is 0 Å². The molecule has 0 amide bonds. The molecule has 0 spiro atoms. The second-order valence-corrected chi connectivity index (χ2v) is 3.40. The van der Waals surface area contributed by atoms with Crippen molar-refractivity contribution in [2.45, 2.75) is 40.5 Å². The Balaban J connectivity index is 0.000000791. The van der Waals surface area contributed by atoms with Crippen LogP contribution >= 0.6 is 0 Å². The first kappa shape index (κ1) is 12.9. The number of aromatic nitrogens is 1. The molecule has 1 rings (SSSR count). The summed E-state index contributed by atoms with van der Waals surface area (Å²) < 4.78 is 0. The summed E-state index contributed by atoms with van der Waals surface area (Å²) in [6.45, 7) is 14.3. The van der Waals surface area contributed by atoms with Crippen molar-refractivity contribution < 1.29 is 0 Å². The van der Waals surface area contributed by atoms with Crippen LogP contribution < -0.4 is 0 Å². The van der Waals surface area contributed by atoms with Gasteiger partial charge < -0.3 is 0 Å². The largest absolute Gasteiger partial charge is 0.264 e. The van der Waals surface area contributed by atoms with Crippen molar-refractivity contribution in [2.24, 2.45) is 0 Å². The number of rotatable bonds is 2. The van der Waals surface area contributed by atoms with Crippen LogP contribution in [0.2, 0.25) is 0 Å². The monoisotopic (exact) mass is 191 g/mol. The third kappa shape index (κ3) is 3.33. The topological polar surface area (TPSA) is 12.9 Å². The summed E-state index contributed by atoms with van der Waals surface area (Å²) in [5.74, 6) is 0.541. The van der Waals surface area contributed by atoms with Crippen LogP contribution in [0.25, 0.3) is 5.57 Å². The molecule has 0 aliphatic rings. The van der Waals surface area contributed by atoms with Gasteiger partial charge in [0.25, 0.3) is 0 Å². The van der Waals surface area contributed by atoms with Crippen molar-refractivity contribution in [1.29, 1.82) is 0 Å². The van der Waals surface area contributed by atoms with Gasteiger partial charge >= 0.3 is 0 Å². The quantitative estimate of drug-likeness (QED) is 0.680. The summed E-state index contributed by atoms with van der Waals surface area (Å²) in [7, 11) is 0. The van der Waals surface area contributed by atoms with Crippen LogP contribution in [0, 0.1) is 0 Å². The minimum absolute atomic E-state index is 0.541. The van der Waals surface area contributed by atoms with E-state index in [9.17, 15) is 0 Å². The lowest BCUT2D eigenvalue weighted by atomic mass is 9.96. The van der Waals surface area contributed by atoms with E-state index in [1.54, 1.807) is 0 Å². The van der Waals surface area contributed by atoms with E-state index in [2.05, 4.69) is 31.5 Å². The van der Waals surface area contributed by atoms with Gasteiger partial charge in [0.2, 0.25) is 0 Å². The van der Waals surface area contributed by atoms with Gasteiger partial charge in [0.05, 0.1) is 0 Å². The maximum Gasteiger partial charge on any atom is 0.0345 e. The lowest BCUT2D eigenvalue weighted by Crippen LogP contribution is -1.94. The van der Waals surface area contributed by atoms with E-state index < -0.39 is 0 Å². The number of hydrogen-bond acceptors (Lipinski definition) is 1. The molecule has 0 unspecified atom stereocenters. The van der Waals surface area contributed by atoms with E-state index >= 15 is 0 Å². The Kier molecular flexibility index (Phi) is 5.86. The summed E-state index contributed by atoms with van der Waals surface area (Å²) >= 11 is 0. The maximum absolute atomic E-state index is 4.09. The molecule has 1 nitrogen and oxygen atoms in total. The van der Waals surface area contributed by atoms with Crippen molar-refractivity contribution in [1.82, 2.24) is 4.98 Å². The molecule has 1 aromatic heterocycles. The molecule has 0 radical (unpaired) electrons. The molecule has 0 aliphatic heterocycles. The third-order valence-electron chi connectivity index (χ3n) is 1.94. The molecule has 0 N–H and O–H groups in total. The van der Waals surface area contributed by atoms with Crippen LogP contribution in [-0.4, -0.2) is 4.98 Å². The SMILES string of the molecule is C=C(C)c1cnccc1C(C)C.CC. The molecule has 0 saturated carbocycles. The van der Waals surface area contributed by atoms with Crippen LogP contribution in [0.5, 0.6) is 0 Å². The maximum atomic E-state index is 4.09. The Bertz CT molecular complexity index is 287. The van der Waals surface area contributed by atoms with Crippen LogP contribution in [0.1, 0.15) is 51.7 Å². The van der Waals surface area contributed by atoms with E-state index in [0.717, 1.165) is 5.57 Å². The molecular weight excluding hydrogens is 170 g/mol. The average Bonchev–Trinajstić information content (AvgIpc) is 2.20. The first-order valence-electron chi connectivity index (χ1n) is 5.22. The standard InChI is InChI=1S/C11H15N.C2H6/c1-8(2)10-5-6-12-7-11(10)9(3)4;1-2/h5-8H,3H2,1-2,4H3;1-2H3. The van der Waals surface area contributed by atoms with Gasteiger partial charge in [-0.2, -0.15) is 0 Å². The molecule has 0 aromatic carbocycles. The summed E-state index contributed by atoms with van der Waals surface area (Å²) in [5.41, 5.74) is 3.61. The Hall–Kier alpha value is -1.11. The van der Waals surface area contributed by atoms with Crippen molar-refractivity contribution in [2.75, 3.05) is 0 Å². The van der Waals surface area contributed by atoms with Gasteiger partial charge in [0, 0.05) is 12.4 Å². The minimum Gasteiger partial charge on any atom is -0.264 e. The lowest BCUT2D eigenvalue weighted by Gasteiger charge is -2.10. The van der Waals surface area contributed by atoms with Gasteiger partial charge in [0.1, 0.15) is 0 Å². The zero-order chi connectivity index (χ0) is 11.1. The molecule has 0 aliphatic carbocycles. The summed E-state index contributed by atoms with van der Waals surface area (Å²) in [5, 5.41) is 0. The zero-order valence-corrected chi connectivity index (χ0v) is 9.96. The molecule has 78 valence electrons. The van der Waals surface area contributed by atoms with Crippen molar-refractivity contribution in [3.63, 3.8) is 0 Å². The first-order chi connectivity index (χ1) is 6.63. The van der Waals surface area contributed by atoms with Gasteiger partial charge in [-0.05, 0) is 35.6 Å². The lowest BCUT2D eigenvalue weighted by molar-refractivity contribution is 0.858. The van der Waals surface area contributed by atoms with E-state index in [1.165, 1.54) is 11.1 Å². The number of nitrogens with zero attached hydrogens (tertiary/aromatic N) is 1. The van der Waals surface area contributed by atoms with Gasteiger partial charge in [0.15, 0.2) is 0 Å². The molecule has 0 fully saturated rings. The van der Waals surface area contributed by atoms with E-state index in [0.29, 0.717) is 5.92 Å². The van der Waals surface area contributed by atoms with Gasteiger partial charge in [-0.15, -0.1) is 0 Å². The Morgan fingerprint density at radius 1 is 1.36 bits per heavy atom. The summed E-state index contributed by atoms with van der Waals surface area (Å²) in [6.07, 6.45) is 3.72. The second kappa shape index (κ2) is 6.36. The summed E-state index contributed by atoms with van der Waals surface area (Å²) in [6, 6.07) is 2.06. The Morgan fingerprint density at radius 2 is 1.93 bits per heavy atom. The fourth-order valence-electron chi connectivity index (χ4n) is 1.27. The summed E-state index contributed by atoms with van der Waals surface area (Å²) in [4.78, 5) is 4.09. The smallest absolute Gasteiger partial charge is 0.0345 e. The Labute approximate surface area is 87.9 Å². The normalized spacial score (nSPS) is 9.29. The minimum atomic E-state index is 0.541. The van der Waals surface area contributed by atoms with Crippen LogP contribution in [0.15, 0.2) is 25.0 Å². The van der Waals surface area contributed by atoms with E-state index in [-0.39, 0.29) is 0 Å². The van der Waals surface area contributed by atoms with E-state index in [1.807, 2.05) is 33.2 Å². The van der Waals surface area contributed by atoms with Crippen LogP contribution in [0.3, 0.4) is 0 Å². The highest BCUT2D eigenvalue weighted by molar-refractivity contribution is 5.64. The molecule has 1 aromatic rings. The molecule has 14 heavy (non-hydrogen) atoms. The molecule has 0 bridgehead atoms. The predicted molar refractivity (Wildman–Crippen MR) is 64.4 cm³/mol. The first-order valence-corrected chi connectivity index (χ1v) is 5.22. The van der Waals surface area contributed by atoms with Crippen molar-refractivity contribution >= 4 is 5.57 Å².